The second kappa shape index (κ2) is 4.69. The van der Waals surface area contributed by atoms with Gasteiger partial charge in [-0.05, 0) is 29.8 Å². The highest BCUT2D eigenvalue weighted by Crippen LogP contribution is 2.37. The zero-order chi connectivity index (χ0) is 15.0. The van der Waals surface area contributed by atoms with E-state index in [1.165, 1.54) is 6.07 Å². The van der Waals surface area contributed by atoms with Gasteiger partial charge in [0, 0.05) is 22.7 Å². The molecule has 0 saturated carbocycles. The van der Waals surface area contributed by atoms with Gasteiger partial charge in [-0.25, -0.2) is 4.79 Å². The lowest BCUT2D eigenvalue weighted by atomic mass is 9.96. The van der Waals surface area contributed by atoms with E-state index in [1.54, 1.807) is 30.5 Å². The first-order valence-electron chi connectivity index (χ1n) is 6.18. The number of aromatic amines is 1. The van der Waals surface area contributed by atoms with Crippen molar-refractivity contribution in [1.82, 2.24) is 4.98 Å². The van der Waals surface area contributed by atoms with E-state index in [2.05, 4.69) is 11.1 Å². The molecular formula is C16H10N2O3. The smallest absolute Gasteiger partial charge is 0.339 e. The summed E-state index contributed by atoms with van der Waals surface area (Å²) in [7, 11) is 0. The predicted octanol–water partition coefficient (Wildman–Crippen LogP) is 3.11. The monoisotopic (exact) mass is 278 g/mol. The van der Waals surface area contributed by atoms with Crippen LogP contribution >= 0.6 is 0 Å². The minimum absolute atomic E-state index is 0.168. The number of H-pyrrole nitrogens is 1. The summed E-state index contributed by atoms with van der Waals surface area (Å²) in [6.07, 6.45) is 1.73. The maximum absolute atomic E-state index is 11.1. The number of aromatic hydroxyl groups is 1. The molecule has 0 bridgehead atoms. The van der Waals surface area contributed by atoms with Crippen molar-refractivity contribution in [3.05, 3.63) is 53.7 Å². The summed E-state index contributed by atoms with van der Waals surface area (Å²) in [5.41, 5.74) is 2.02. The van der Waals surface area contributed by atoms with Crippen molar-refractivity contribution >= 4 is 16.9 Å². The number of phenols is 1. The normalized spacial score (nSPS) is 10.4. The number of nitrogens with one attached hydrogen (secondary N) is 1. The second-order valence-electron chi connectivity index (χ2n) is 4.58. The third-order valence-corrected chi connectivity index (χ3v) is 3.35. The molecule has 21 heavy (non-hydrogen) atoms. The van der Waals surface area contributed by atoms with Gasteiger partial charge in [-0.2, -0.15) is 5.26 Å². The van der Waals surface area contributed by atoms with Gasteiger partial charge in [-0.1, -0.05) is 12.1 Å². The lowest BCUT2D eigenvalue weighted by molar-refractivity contribution is 0.0694. The highest BCUT2D eigenvalue weighted by atomic mass is 16.4. The molecule has 0 atom stereocenters. The van der Waals surface area contributed by atoms with Gasteiger partial charge in [-0.3, -0.25) is 0 Å². The third-order valence-electron chi connectivity index (χ3n) is 3.35. The van der Waals surface area contributed by atoms with Gasteiger partial charge in [0.25, 0.3) is 0 Å². The van der Waals surface area contributed by atoms with E-state index < -0.39 is 5.97 Å². The molecule has 0 unspecified atom stereocenters. The summed E-state index contributed by atoms with van der Waals surface area (Å²) in [4.78, 5) is 14.1. The molecule has 1 heterocycles. The van der Waals surface area contributed by atoms with Crippen LogP contribution in [0.15, 0.2) is 42.6 Å². The fraction of sp³-hybridized carbons (Fsp3) is 0. The summed E-state index contributed by atoms with van der Waals surface area (Å²) in [6.45, 7) is 0. The van der Waals surface area contributed by atoms with Crippen LogP contribution in [-0.2, 0) is 0 Å². The number of hydrogen-bond donors (Lipinski definition) is 3. The summed E-state index contributed by atoms with van der Waals surface area (Å²) < 4.78 is 0. The van der Waals surface area contributed by atoms with Crippen LogP contribution in [0.25, 0.3) is 22.0 Å². The topological polar surface area (TPSA) is 97.1 Å². The summed E-state index contributed by atoms with van der Waals surface area (Å²) in [6, 6.07) is 11.7. The SMILES string of the molecule is N#Cc1cc(-c2cccc(C(=O)O)c2O)c2cc[nH]c2c1. The van der Waals surface area contributed by atoms with Crippen LogP contribution in [0.3, 0.4) is 0 Å². The number of para-hydroxylation sites is 1. The van der Waals surface area contributed by atoms with Crippen molar-refractivity contribution < 1.29 is 15.0 Å². The number of fused-ring (bicyclic) bond motifs is 1. The molecule has 0 spiro atoms. The third kappa shape index (κ3) is 1.99. The Hall–Kier alpha value is -3.26. The summed E-state index contributed by atoms with van der Waals surface area (Å²) in [5.74, 6) is -1.50. The van der Waals surface area contributed by atoms with E-state index >= 15 is 0 Å². The van der Waals surface area contributed by atoms with Gasteiger partial charge in [0.2, 0.25) is 0 Å². The largest absolute Gasteiger partial charge is 0.506 e. The van der Waals surface area contributed by atoms with Crippen molar-refractivity contribution in [3.8, 4) is 22.9 Å². The molecule has 5 heteroatoms. The number of carboxylic acids is 1. The van der Waals surface area contributed by atoms with Gasteiger partial charge >= 0.3 is 5.97 Å². The Morgan fingerprint density at radius 1 is 1.19 bits per heavy atom. The van der Waals surface area contributed by atoms with Crippen LogP contribution in [-0.4, -0.2) is 21.2 Å². The van der Waals surface area contributed by atoms with Gasteiger partial charge in [0.05, 0.1) is 11.6 Å². The lowest BCUT2D eigenvalue weighted by Crippen LogP contribution is -1.97. The molecule has 3 N–H and O–H groups in total. The van der Waals surface area contributed by atoms with Crippen LogP contribution in [0.5, 0.6) is 5.75 Å². The maximum Gasteiger partial charge on any atom is 0.339 e. The van der Waals surface area contributed by atoms with Crippen LogP contribution in [0, 0.1) is 11.3 Å². The molecular weight excluding hydrogens is 268 g/mol. The second-order valence-corrected chi connectivity index (χ2v) is 4.58. The van der Waals surface area contributed by atoms with Crippen molar-refractivity contribution in [2.24, 2.45) is 0 Å². The Balaban J connectivity index is 2.35. The first-order chi connectivity index (χ1) is 10.1. The fourth-order valence-corrected chi connectivity index (χ4v) is 2.39. The molecule has 3 aromatic rings. The molecule has 0 aliphatic rings. The molecule has 1 aromatic heterocycles. The number of nitrogens with zero attached hydrogens (tertiary/aromatic N) is 1. The molecule has 0 saturated heterocycles. The Morgan fingerprint density at radius 3 is 2.71 bits per heavy atom. The van der Waals surface area contributed by atoms with Crippen LogP contribution in [0.2, 0.25) is 0 Å². The number of rotatable bonds is 2. The minimum atomic E-state index is -1.20. The number of hydrogen-bond acceptors (Lipinski definition) is 3. The quantitative estimate of drug-likeness (QED) is 0.670. The van der Waals surface area contributed by atoms with Crippen LogP contribution in [0.4, 0.5) is 0 Å². The maximum atomic E-state index is 11.1. The van der Waals surface area contributed by atoms with E-state index in [-0.39, 0.29) is 11.3 Å². The zero-order valence-electron chi connectivity index (χ0n) is 10.8. The Labute approximate surface area is 119 Å². The predicted molar refractivity (Wildman–Crippen MR) is 77.1 cm³/mol. The molecule has 102 valence electrons. The number of carboxylic acid groups (broad SMARTS) is 1. The molecule has 0 aliphatic carbocycles. The summed E-state index contributed by atoms with van der Waals surface area (Å²) in [5, 5.41) is 29.2. The van der Waals surface area contributed by atoms with Gasteiger partial charge in [0.1, 0.15) is 11.3 Å². The van der Waals surface area contributed by atoms with Crippen molar-refractivity contribution in [3.63, 3.8) is 0 Å². The number of carbonyl (C=O) groups is 1. The Bertz CT molecular complexity index is 904. The van der Waals surface area contributed by atoms with Gasteiger partial charge in [-0.15, -0.1) is 0 Å². The first-order valence-corrected chi connectivity index (χ1v) is 6.18. The van der Waals surface area contributed by atoms with Crippen molar-refractivity contribution in [2.75, 3.05) is 0 Å². The number of nitriles is 1. The molecule has 5 nitrogen and oxygen atoms in total. The lowest BCUT2D eigenvalue weighted by Gasteiger charge is -2.09. The van der Waals surface area contributed by atoms with Gasteiger partial charge < -0.3 is 15.2 Å². The van der Waals surface area contributed by atoms with E-state index in [0.717, 1.165) is 10.9 Å². The fourth-order valence-electron chi connectivity index (χ4n) is 2.39. The van der Waals surface area contributed by atoms with Crippen molar-refractivity contribution in [1.29, 1.82) is 5.26 Å². The van der Waals surface area contributed by atoms with E-state index in [1.807, 2.05) is 6.07 Å². The number of aromatic nitrogens is 1. The number of benzene rings is 2. The molecule has 0 amide bonds. The van der Waals surface area contributed by atoms with Crippen LogP contribution in [0.1, 0.15) is 15.9 Å². The van der Waals surface area contributed by atoms with E-state index in [4.69, 9.17) is 10.4 Å². The minimum Gasteiger partial charge on any atom is -0.506 e. The number of aromatic carboxylic acids is 1. The highest BCUT2D eigenvalue weighted by Gasteiger charge is 2.16. The Morgan fingerprint density at radius 2 is 2.00 bits per heavy atom. The summed E-state index contributed by atoms with van der Waals surface area (Å²) >= 11 is 0. The van der Waals surface area contributed by atoms with Crippen LogP contribution < -0.4 is 0 Å². The molecule has 0 aliphatic heterocycles. The van der Waals surface area contributed by atoms with E-state index in [9.17, 15) is 9.90 Å². The molecule has 3 rings (SSSR count). The van der Waals surface area contributed by atoms with E-state index in [0.29, 0.717) is 16.7 Å². The van der Waals surface area contributed by atoms with Gasteiger partial charge in [0.15, 0.2) is 0 Å². The molecule has 2 aromatic carbocycles. The molecule has 0 radical (unpaired) electrons. The zero-order valence-corrected chi connectivity index (χ0v) is 10.8. The van der Waals surface area contributed by atoms with Crippen molar-refractivity contribution in [2.45, 2.75) is 0 Å². The highest BCUT2D eigenvalue weighted by molar-refractivity contribution is 6.01. The molecule has 0 fully saturated rings. The standard InChI is InChI=1S/C16H10N2O3/c17-8-9-6-13(10-4-5-18-14(10)7-9)11-2-1-3-12(15(11)19)16(20)21/h1-7,18-19H,(H,20,21). The average Bonchev–Trinajstić information content (AvgIpc) is 2.94. The first kappa shape index (κ1) is 12.8. The average molecular weight is 278 g/mol. The Kier molecular flexibility index (Phi) is 2.85.